The fraction of sp³-hybridized carbons (Fsp3) is 0.579. The monoisotopic (exact) mass is 333 g/mol. The Bertz CT molecular complexity index is 618. The van der Waals surface area contributed by atoms with E-state index in [4.69, 9.17) is 9.47 Å². The molecule has 1 heterocycles. The Balaban J connectivity index is 2.11. The summed E-state index contributed by atoms with van der Waals surface area (Å²) in [6.07, 6.45) is 0.594. The van der Waals surface area contributed by atoms with Gasteiger partial charge in [-0.2, -0.15) is 0 Å². The Morgan fingerprint density at radius 2 is 2.00 bits per heavy atom. The van der Waals surface area contributed by atoms with E-state index in [1.165, 1.54) is 0 Å². The van der Waals surface area contributed by atoms with Crippen molar-refractivity contribution in [3.05, 3.63) is 34.9 Å². The van der Waals surface area contributed by atoms with E-state index >= 15 is 0 Å². The first-order valence-corrected chi connectivity index (χ1v) is 8.47. The van der Waals surface area contributed by atoms with Crippen LogP contribution >= 0.6 is 0 Å². The number of carbonyl (C=O) groups excluding carboxylic acids is 2. The van der Waals surface area contributed by atoms with Crippen LogP contribution in [0.3, 0.4) is 0 Å². The van der Waals surface area contributed by atoms with Gasteiger partial charge in [-0.15, -0.1) is 0 Å². The molecule has 1 fully saturated rings. The highest BCUT2D eigenvalue weighted by Crippen LogP contribution is 2.31. The van der Waals surface area contributed by atoms with Crippen molar-refractivity contribution in [3.63, 3.8) is 0 Å². The second-order valence-electron chi connectivity index (χ2n) is 7.20. The lowest BCUT2D eigenvalue weighted by Gasteiger charge is -2.24. The van der Waals surface area contributed by atoms with Crippen LogP contribution in [0.4, 0.5) is 4.79 Å². The van der Waals surface area contributed by atoms with E-state index in [1.54, 1.807) is 17.9 Å². The number of aryl methyl sites for hydroxylation is 1. The molecule has 1 atom stereocenters. The van der Waals surface area contributed by atoms with Crippen LogP contribution in [0.5, 0.6) is 0 Å². The molecule has 1 amide bonds. The number of hydrogen-bond acceptors (Lipinski definition) is 4. The summed E-state index contributed by atoms with van der Waals surface area (Å²) in [5.41, 5.74) is 2.30. The van der Waals surface area contributed by atoms with Crippen molar-refractivity contribution in [2.24, 2.45) is 0 Å². The number of esters is 1. The van der Waals surface area contributed by atoms with E-state index in [2.05, 4.69) is 0 Å². The Kier molecular flexibility index (Phi) is 5.52. The molecule has 5 heteroatoms. The number of ether oxygens (including phenoxy) is 2. The van der Waals surface area contributed by atoms with Crippen LogP contribution in [-0.2, 0) is 9.47 Å². The van der Waals surface area contributed by atoms with Gasteiger partial charge in [-0.3, -0.25) is 0 Å². The third-order valence-corrected chi connectivity index (χ3v) is 4.07. The Labute approximate surface area is 143 Å². The van der Waals surface area contributed by atoms with E-state index in [0.717, 1.165) is 17.5 Å². The average molecular weight is 333 g/mol. The number of benzene rings is 1. The number of rotatable bonds is 3. The molecule has 0 bridgehead atoms. The van der Waals surface area contributed by atoms with Gasteiger partial charge in [-0.05, 0) is 64.3 Å². The maximum atomic E-state index is 12.2. The van der Waals surface area contributed by atoms with Gasteiger partial charge in [-0.1, -0.05) is 6.07 Å². The van der Waals surface area contributed by atoms with Crippen molar-refractivity contribution >= 4 is 12.1 Å². The minimum Gasteiger partial charge on any atom is -0.462 e. The summed E-state index contributed by atoms with van der Waals surface area (Å²) in [6, 6.07) is 5.63. The first-order valence-electron chi connectivity index (χ1n) is 8.47. The molecule has 0 radical (unpaired) electrons. The number of likely N-dealkylation sites (tertiary alicyclic amines) is 1. The van der Waals surface area contributed by atoms with E-state index in [-0.39, 0.29) is 18.0 Å². The topological polar surface area (TPSA) is 55.8 Å². The predicted molar refractivity (Wildman–Crippen MR) is 92.3 cm³/mol. The van der Waals surface area contributed by atoms with Gasteiger partial charge in [0.25, 0.3) is 0 Å². The van der Waals surface area contributed by atoms with Crippen molar-refractivity contribution < 1.29 is 19.1 Å². The lowest BCUT2D eigenvalue weighted by atomic mass is 9.92. The summed E-state index contributed by atoms with van der Waals surface area (Å²) in [4.78, 5) is 25.9. The molecule has 0 aromatic heterocycles. The zero-order valence-electron chi connectivity index (χ0n) is 15.2. The molecule has 1 aliphatic heterocycles. The molecule has 0 aliphatic carbocycles. The third-order valence-electron chi connectivity index (χ3n) is 4.07. The normalized spacial score (nSPS) is 17.7. The second kappa shape index (κ2) is 7.24. The summed E-state index contributed by atoms with van der Waals surface area (Å²) >= 11 is 0. The third kappa shape index (κ3) is 4.49. The molecule has 0 saturated carbocycles. The minimum atomic E-state index is -0.491. The Morgan fingerprint density at radius 3 is 2.62 bits per heavy atom. The van der Waals surface area contributed by atoms with E-state index < -0.39 is 5.60 Å². The van der Waals surface area contributed by atoms with Crippen molar-refractivity contribution in [1.29, 1.82) is 0 Å². The lowest BCUT2D eigenvalue weighted by Crippen LogP contribution is -2.35. The molecule has 1 aliphatic rings. The molecule has 0 N–H and O–H groups in total. The highest BCUT2D eigenvalue weighted by atomic mass is 16.6. The standard InChI is InChI=1S/C19H27NO4/c1-6-23-17(21)14-8-7-13(2)16(11-14)15-9-10-20(12-15)18(22)24-19(3,4)5/h7-8,11,15H,6,9-10,12H2,1-5H3. The molecule has 1 unspecified atom stereocenters. The van der Waals surface area contributed by atoms with Crippen molar-refractivity contribution in [2.45, 2.75) is 52.6 Å². The summed E-state index contributed by atoms with van der Waals surface area (Å²) in [5.74, 6) is -0.0901. The number of amides is 1. The number of nitrogens with zero attached hydrogens (tertiary/aromatic N) is 1. The van der Waals surface area contributed by atoms with E-state index in [0.29, 0.717) is 25.3 Å². The molecule has 5 nitrogen and oxygen atoms in total. The SMILES string of the molecule is CCOC(=O)c1ccc(C)c(C2CCN(C(=O)OC(C)(C)C)C2)c1. The maximum Gasteiger partial charge on any atom is 0.410 e. The molecule has 2 rings (SSSR count). The Hall–Kier alpha value is -2.04. The summed E-state index contributed by atoms with van der Waals surface area (Å²) in [5, 5.41) is 0. The average Bonchev–Trinajstić information content (AvgIpc) is 2.96. The van der Waals surface area contributed by atoms with Gasteiger partial charge < -0.3 is 14.4 Å². The fourth-order valence-electron chi connectivity index (χ4n) is 2.93. The van der Waals surface area contributed by atoms with Crippen LogP contribution in [0.1, 0.15) is 61.5 Å². The van der Waals surface area contributed by atoms with Gasteiger partial charge in [0, 0.05) is 19.0 Å². The fourth-order valence-corrected chi connectivity index (χ4v) is 2.93. The molecule has 0 spiro atoms. The number of carbonyl (C=O) groups is 2. The molecular weight excluding hydrogens is 306 g/mol. The summed E-state index contributed by atoms with van der Waals surface area (Å²) in [6.45, 7) is 11.1. The van der Waals surface area contributed by atoms with Gasteiger partial charge in [0.2, 0.25) is 0 Å². The van der Waals surface area contributed by atoms with Gasteiger partial charge in [0.05, 0.1) is 12.2 Å². The predicted octanol–water partition coefficient (Wildman–Crippen LogP) is 3.90. The molecular formula is C19H27NO4. The summed E-state index contributed by atoms with van der Waals surface area (Å²) < 4.78 is 10.5. The quantitative estimate of drug-likeness (QED) is 0.787. The molecule has 1 saturated heterocycles. The second-order valence-corrected chi connectivity index (χ2v) is 7.20. The van der Waals surface area contributed by atoms with Crippen LogP contribution < -0.4 is 0 Å². The Morgan fingerprint density at radius 1 is 1.29 bits per heavy atom. The van der Waals surface area contributed by atoms with Gasteiger partial charge in [0.1, 0.15) is 5.60 Å². The highest BCUT2D eigenvalue weighted by molar-refractivity contribution is 5.89. The molecule has 1 aromatic rings. The summed E-state index contributed by atoms with van der Waals surface area (Å²) in [7, 11) is 0. The molecule has 24 heavy (non-hydrogen) atoms. The van der Waals surface area contributed by atoms with Crippen molar-refractivity contribution in [1.82, 2.24) is 4.90 Å². The van der Waals surface area contributed by atoms with E-state index in [1.807, 2.05) is 39.8 Å². The maximum absolute atomic E-state index is 12.2. The van der Waals surface area contributed by atoms with Crippen LogP contribution in [0.15, 0.2) is 18.2 Å². The minimum absolute atomic E-state index is 0.215. The first kappa shape index (κ1) is 18.3. The van der Waals surface area contributed by atoms with Crippen LogP contribution in [0.2, 0.25) is 0 Å². The van der Waals surface area contributed by atoms with Gasteiger partial charge >= 0.3 is 12.1 Å². The van der Waals surface area contributed by atoms with Crippen LogP contribution in [0, 0.1) is 6.92 Å². The number of hydrogen-bond donors (Lipinski definition) is 0. The molecule has 132 valence electrons. The molecule has 1 aromatic carbocycles. The largest absolute Gasteiger partial charge is 0.462 e. The first-order chi connectivity index (χ1) is 11.2. The van der Waals surface area contributed by atoms with Crippen molar-refractivity contribution in [2.75, 3.05) is 19.7 Å². The van der Waals surface area contributed by atoms with E-state index in [9.17, 15) is 9.59 Å². The smallest absolute Gasteiger partial charge is 0.410 e. The van der Waals surface area contributed by atoms with Crippen LogP contribution in [-0.4, -0.2) is 42.3 Å². The zero-order valence-corrected chi connectivity index (χ0v) is 15.2. The lowest BCUT2D eigenvalue weighted by molar-refractivity contribution is 0.0292. The highest BCUT2D eigenvalue weighted by Gasteiger charge is 2.31. The zero-order chi connectivity index (χ0) is 17.9. The van der Waals surface area contributed by atoms with Gasteiger partial charge in [0.15, 0.2) is 0 Å². The van der Waals surface area contributed by atoms with Crippen LogP contribution in [0.25, 0.3) is 0 Å². The van der Waals surface area contributed by atoms with Crippen molar-refractivity contribution in [3.8, 4) is 0 Å². The van der Waals surface area contributed by atoms with Gasteiger partial charge in [-0.25, -0.2) is 9.59 Å².